The predicted molar refractivity (Wildman–Crippen MR) is 87.7 cm³/mol. The molecule has 3 rings (SSSR count). The molecule has 1 aromatic heterocycles. The highest BCUT2D eigenvalue weighted by molar-refractivity contribution is 5.78. The summed E-state index contributed by atoms with van der Waals surface area (Å²) >= 11 is 0. The molecule has 1 heterocycles. The van der Waals surface area contributed by atoms with Crippen molar-refractivity contribution in [2.24, 2.45) is 0 Å². The first-order chi connectivity index (χ1) is 12.6. The van der Waals surface area contributed by atoms with E-state index in [1.54, 1.807) is 6.92 Å². The second kappa shape index (κ2) is 6.90. The second-order valence-electron chi connectivity index (χ2n) is 6.81. The third kappa shape index (κ3) is 4.26. The Hall–Kier alpha value is -2.51. The van der Waals surface area contributed by atoms with E-state index in [0.29, 0.717) is 12.8 Å². The molecule has 144 valence electrons. The average Bonchev–Trinajstić information content (AvgIpc) is 3.34. The molecule has 0 spiro atoms. The van der Waals surface area contributed by atoms with Crippen LogP contribution in [0.2, 0.25) is 0 Å². The lowest BCUT2D eigenvalue weighted by Crippen LogP contribution is -2.36. The Labute approximate surface area is 152 Å². The van der Waals surface area contributed by atoms with E-state index in [9.17, 15) is 26.7 Å². The molecule has 2 aromatic rings. The summed E-state index contributed by atoms with van der Waals surface area (Å²) in [5.74, 6) is -2.39. The van der Waals surface area contributed by atoms with Crippen molar-refractivity contribution < 1.29 is 26.7 Å². The molecule has 1 aliphatic rings. The SMILES string of the molecule is CC(CC(=O)NC1(c2cccc(C(F)(F)F)n2)CC1)c1ccc(F)cc1F. The topological polar surface area (TPSA) is 42.0 Å². The van der Waals surface area contributed by atoms with Crippen LogP contribution in [0.4, 0.5) is 22.0 Å². The smallest absolute Gasteiger partial charge is 0.345 e. The van der Waals surface area contributed by atoms with E-state index in [4.69, 9.17) is 0 Å². The Bertz CT molecular complexity index is 861. The fourth-order valence-electron chi connectivity index (χ4n) is 3.04. The molecule has 3 nitrogen and oxygen atoms in total. The number of hydrogen-bond donors (Lipinski definition) is 1. The zero-order valence-electron chi connectivity index (χ0n) is 14.4. The highest BCUT2D eigenvalue weighted by Gasteiger charge is 2.48. The van der Waals surface area contributed by atoms with Gasteiger partial charge in [-0.1, -0.05) is 19.1 Å². The molecule has 0 bridgehead atoms. The van der Waals surface area contributed by atoms with Gasteiger partial charge in [-0.2, -0.15) is 13.2 Å². The van der Waals surface area contributed by atoms with E-state index in [-0.39, 0.29) is 17.7 Å². The van der Waals surface area contributed by atoms with Crippen LogP contribution in [0.5, 0.6) is 0 Å². The lowest BCUT2D eigenvalue weighted by Gasteiger charge is -2.20. The number of halogens is 5. The van der Waals surface area contributed by atoms with Gasteiger partial charge in [0.2, 0.25) is 5.91 Å². The number of nitrogens with zero attached hydrogens (tertiary/aromatic N) is 1. The van der Waals surface area contributed by atoms with E-state index >= 15 is 0 Å². The van der Waals surface area contributed by atoms with E-state index in [1.165, 1.54) is 18.2 Å². The second-order valence-corrected chi connectivity index (χ2v) is 6.81. The van der Waals surface area contributed by atoms with Gasteiger partial charge in [-0.25, -0.2) is 13.8 Å². The molecule has 1 fully saturated rings. The van der Waals surface area contributed by atoms with Gasteiger partial charge in [-0.3, -0.25) is 4.79 Å². The van der Waals surface area contributed by atoms with Crippen molar-refractivity contribution in [2.45, 2.75) is 43.8 Å². The van der Waals surface area contributed by atoms with Crippen molar-refractivity contribution in [3.8, 4) is 0 Å². The molecule has 27 heavy (non-hydrogen) atoms. The van der Waals surface area contributed by atoms with Crippen molar-refractivity contribution in [3.63, 3.8) is 0 Å². The number of carbonyl (C=O) groups is 1. The van der Waals surface area contributed by atoms with Crippen molar-refractivity contribution in [1.29, 1.82) is 0 Å². The first-order valence-electron chi connectivity index (χ1n) is 8.41. The summed E-state index contributed by atoms with van der Waals surface area (Å²) in [6, 6.07) is 6.73. The highest BCUT2D eigenvalue weighted by atomic mass is 19.4. The van der Waals surface area contributed by atoms with E-state index in [0.717, 1.165) is 18.2 Å². The van der Waals surface area contributed by atoms with Crippen LogP contribution in [0.15, 0.2) is 36.4 Å². The number of alkyl halides is 3. The van der Waals surface area contributed by atoms with Gasteiger partial charge in [0.15, 0.2) is 0 Å². The fourth-order valence-corrected chi connectivity index (χ4v) is 3.04. The lowest BCUT2D eigenvalue weighted by molar-refractivity contribution is -0.141. The molecule has 1 aromatic carbocycles. The number of pyridine rings is 1. The van der Waals surface area contributed by atoms with E-state index in [1.807, 2.05) is 0 Å². The van der Waals surface area contributed by atoms with Gasteiger partial charge in [0, 0.05) is 12.5 Å². The number of aromatic nitrogens is 1. The zero-order valence-corrected chi connectivity index (χ0v) is 14.4. The maximum Gasteiger partial charge on any atom is 0.433 e. The first kappa shape index (κ1) is 19.3. The van der Waals surface area contributed by atoms with Crippen molar-refractivity contribution in [1.82, 2.24) is 10.3 Å². The maximum atomic E-state index is 13.8. The molecular formula is C19H17F5N2O. The molecule has 1 saturated carbocycles. The van der Waals surface area contributed by atoms with E-state index in [2.05, 4.69) is 10.3 Å². The summed E-state index contributed by atoms with van der Waals surface area (Å²) in [7, 11) is 0. The van der Waals surface area contributed by atoms with Gasteiger partial charge < -0.3 is 5.32 Å². The minimum atomic E-state index is -4.56. The Morgan fingerprint density at radius 1 is 1.22 bits per heavy atom. The summed E-state index contributed by atoms with van der Waals surface area (Å²) in [5.41, 5.74) is -1.57. The van der Waals surface area contributed by atoms with Crippen molar-refractivity contribution >= 4 is 5.91 Å². The highest BCUT2D eigenvalue weighted by Crippen LogP contribution is 2.45. The molecule has 8 heteroatoms. The normalized spacial score (nSPS) is 16.7. The summed E-state index contributed by atoms with van der Waals surface area (Å²) in [5, 5.41) is 2.73. The van der Waals surface area contributed by atoms with Gasteiger partial charge in [-0.15, -0.1) is 0 Å². The molecule has 1 aliphatic carbocycles. The Kier molecular flexibility index (Phi) is 4.92. The summed E-state index contributed by atoms with van der Waals surface area (Å²) < 4.78 is 65.4. The fraction of sp³-hybridized carbons (Fsp3) is 0.368. The lowest BCUT2D eigenvalue weighted by atomic mass is 9.96. The van der Waals surface area contributed by atoms with Crippen LogP contribution < -0.4 is 5.32 Å². The molecular weight excluding hydrogens is 367 g/mol. The monoisotopic (exact) mass is 384 g/mol. The van der Waals surface area contributed by atoms with Crippen LogP contribution >= 0.6 is 0 Å². The third-order valence-corrected chi connectivity index (χ3v) is 4.64. The van der Waals surface area contributed by atoms with Gasteiger partial charge in [0.1, 0.15) is 17.3 Å². The summed E-state index contributed by atoms with van der Waals surface area (Å²) in [6.45, 7) is 1.62. The maximum absolute atomic E-state index is 13.8. The molecule has 0 aliphatic heterocycles. The number of amides is 1. The molecule has 0 saturated heterocycles. The zero-order chi connectivity index (χ0) is 19.8. The van der Waals surface area contributed by atoms with Crippen LogP contribution in [0.25, 0.3) is 0 Å². The molecule has 1 atom stereocenters. The van der Waals surface area contributed by atoms with Crippen LogP contribution in [0, 0.1) is 11.6 Å². The van der Waals surface area contributed by atoms with Crippen LogP contribution in [-0.2, 0) is 16.5 Å². The van der Waals surface area contributed by atoms with Crippen LogP contribution in [0.3, 0.4) is 0 Å². The van der Waals surface area contributed by atoms with Gasteiger partial charge >= 0.3 is 6.18 Å². The third-order valence-electron chi connectivity index (χ3n) is 4.64. The molecule has 1 amide bonds. The number of nitrogens with one attached hydrogen (secondary N) is 1. The van der Waals surface area contributed by atoms with E-state index < -0.39 is 40.9 Å². The molecule has 0 radical (unpaired) electrons. The van der Waals surface area contributed by atoms with Crippen molar-refractivity contribution in [3.05, 3.63) is 65.0 Å². The largest absolute Gasteiger partial charge is 0.433 e. The number of rotatable bonds is 5. The minimum Gasteiger partial charge on any atom is -0.345 e. The van der Waals surface area contributed by atoms with Gasteiger partial charge in [0.05, 0.1) is 11.2 Å². The average molecular weight is 384 g/mol. The summed E-state index contributed by atoms with van der Waals surface area (Å²) in [4.78, 5) is 16.0. The Morgan fingerprint density at radius 2 is 1.93 bits per heavy atom. The standard InChI is InChI=1S/C19H17F5N2O/c1-11(13-6-5-12(20)10-14(13)21)9-17(27)26-18(7-8-18)15-3-2-4-16(25-15)19(22,23)24/h2-6,10-11H,7-9H2,1H3,(H,26,27). The Balaban J connectivity index is 1.70. The van der Waals surface area contributed by atoms with Gasteiger partial charge in [-0.05, 0) is 42.5 Å². The minimum absolute atomic E-state index is 0.0801. The molecule has 1 unspecified atom stereocenters. The first-order valence-corrected chi connectivity index (χ1v) is 8.41. The quantitative estimate of drug-likeness (QED) is 0.761. The molecule has 1 N–H and O–H groups in total. The van der Waals surface area contributed by atoms with Crippen molar-refractivity contribution in [2.75, 3.05) is 0 Å². The van der Waals surface area contributed by atoms with Crippen LogP contribution in [-0.4, -0.2) is 10.9 Å². The predicted octanol–water partition coefficient (Wildman–Crippen LogP) is 4.68. The van der Waals surface area contributed by atoms with Gasteiger partial charge in [0.25, 0.3) is 0 Å². The number of benzene rings is 1. The Morgan fingerprint density at radius 3 is 2.52 bits per heavy atom. The van der Waals surface area contributed by atoms with Crippen LogP contribution in [0.1, 0.15) is 49.1 Å². The summed E-state index contributed by atoms with van der Waals surface area (Å²) in [6.07, 6.45) is -3.69. The number of carbonyl (C=O) groups excluding carboxylic acids is 1. The number of hydrogen-bond acceptors (Lipinski definition) is 2.